The minimum atomic E-state index is -0.656. The highest BCUT2D eigenvalue weighted by atomic mass is 35.5. The number of ether oxygens (including phenoxy) is 1. The molecule has 1 saturated heterocycles. The molecule has 0 aliphatic carbocycles. The minimum absolute atomic E-state index is 0.0146. The van der Waals surface area contributed by atoms with Gasteiger partial charge in [0.25, 0.3) is 11.5 Å². The number of carbonyl (C=O) groups excluding carboxylic acids is 1. The molecule has 1 aliphatic rings. The molecule has 4 rings (SSSR count). The van der Waals surface area contributed by atoms with Crippen LogP contribution in [0.5, 0.6) is 0 Å². The maximum Gasteiger partial charge on any atom is 0.259 e. The van der Waals surface area contributed by atoms with Crippen molar-refractivity contribution in [1.82, 2.24) is 19.9 Å². The molecule has 2 N–H and O–H groups in total. The lowest BCUT2D eigenvalue weighted by Crippen LogP contribution is -2.48. The van der Waals surface area contributed by atoms with E-state index >= 15 is 0 Å². The molecule has 2 aromatic heterocycles. The number of aromatic amines is 1. The van der Waals surface area contributed by atoms with Crippen molar-refractivity contribution >= 4 is 34.2 Å². The number of H-pyrrole nitrogens is 1. The van der Waals surface area contributed by atoms with E-state index in [2.05, 4.69) is 20.3 Å². The average molecular weight is 488 g/mol. The highest BCUT2D eigenvalue weighted by Gasteiger charge is 2.27. The van der Waals surface area contributed by atoms with Crippen LogP contribution in [0.4, 0.5) is 10.2 Å². The van der Waals surface area contributed by atoms with Crippen molar-refractivity contribution in [3.05, 3.63) is 62.0 Å². The van der Waals surface area contributed by atoms with Gasteiger partial charge in [0.05, 0.1) is 34.7 Å². The third kappa shape index (κ3) is 4.63. The number of morpholine rings is 1. The van der Waals surface area contributed by atoms with Crippen molar-refractivity contribution in [3.63, 3.8) is 0 Å². The van der Waals surface area contributed by atoms with E-state index in [0.29, 0.717) is 46.0 Å². The van der Waals surface area contributed by atoms with Gasteiger partial charge in [0.2, 0.25) is 0 Å². The van der Waals surface area contributed by atoms with E-state index in [-0.39, 0.29) is 35.1 Å². The van der Waals surface area contributed by atoms with Gasteiger partial charge in [-0.05, 0) is 57.9 Å². The van der Waals surface area contributed by atoms with Crippen LogP contribution in [0.1, 0.15) is 54.1 Å². The Labute approximate surface area is 201 Å². The van der Waals surface area contributed by atoms with E-state index < -0.39 is 11.9 Å². The van der Waals surface area contributed by atoms with Gasteiger partial charge in [-0.15, -0.1) is 0 Å². The average Bonchev–Trinajstić information content (AvgIpc) is 2.73. The van der Waals surface area contributed by atoms with Crippen LogP contribution in [0, 0.1) is 19.7 Å². The second-order valence-electron chi connectivity index (χ2n) is 8.83. The Morgan fingerprint density at radius 1 is 1.29 bits per heavy atom. The number of halogens is 2. The predicted octanol–water partition coefficient (Wildman–Crippen LogP) is 4.15. The van der Waals surface area contributed by atoms with Crippen molar-refractivity contribution in [2.45, 2.75) is 52.9 Å². The number of benzene rings is 1. The molecule has 0 unspecified atom stereocenters. The standard InChI is InChI=1S/C24H27ClFN5O3/c1-11-9-31(10-12(2)34-11)24(33)16-6-18(26)22(27-8-16)28-14(4)20-13(3)21-19(7-17(20)25)29-15(5)30-23(21)32/h6-8,11-12,14H,9-10H2,1-5H3,(H,27,28)(H,29,30,32)/t11-,12+,14-/m0/s1. The van der Waals surface area contributed by atoms with E-state index in [9.17, 15) is 14.0 Å². The Balaban J connectivity index is 1.59. The van der Waals surface area contributed by atoms with Gasteiger partial charge in [-0.3, -0.25) is 9.59 Å². The number of hydrogen-bond donors (Lipinski definition) is 2. The number of carbonyl (C=O) groups is 1. The maximum absolute atomic E-state index is 15.0. The molecule has 3 aromatic rings. The molecule has 8 nitrogen and oxygen atoms in total. The van der Waals surface area contributed by atoms with Gasteiger partial charge >= 0.3 is 0 Å². The molecule has 0 radical (unpaired) electrons. The third-order valence-corrected chi connectivity index (χ3v) is 6.26. The Morgan fingerprint density at radius 3 is 2.62 bits per heavy atom. The van der Waals surface area contributed by atoms with Crippen molar-refractivity contribution in [1.29, 1.82) is 0 Å². The van der Waals surface area contributed by atoms with E-state index in [4.69, 9.17) is 16.3 Å². The van der Waals surface area contributed by atoms with Gasteiger partial charge in [0, 0.05) is 24.3 Å². The number of anilines is 1. The largest absolute Gasteiger partial charge is 0.372 e. The van der Waals surface area contributed by atoms with Gasteiger partial charge in [-0.1, -0.05) is 11.6 Å². The number of nitrogens with zero attached hydrogens (tertiary/aromatic N) is 3. The summed E-state index contributed by atoms with van der Waals surface area (Å²) in [4.78, 5) is 38.2. The first-order valence-electron chi connectivity index (χ1n) is 11.1. The minimum Gasteiger partial charge on any atom is -0.372 e. The topological polar surface area (TPSA) is 100 Å². The molecular formula is C24H27ClFN5O3. The number of aryl methyl sites for hydroxylation is 2. The highest BCUT2D eigenvalue weighted by molar-refractivity contribution is 6.32. The quantitative estimate of drug-likeness (QED) is 0.573. The summed E-state index contributed by atoms with van der Waals surface area (Å²) in [5.41, 5.74) is 1.70. The van der Waals surface area contributed by atoms with Crippen LogP contribution in [-0.4, -0.2) is 51.1 Å². The fourth-order valence-corrected chi connectivity index (χ4v) is 4.99. The zero-order chi connectivity index (χ0) is 24.7. The van der Waals surface area contributed by atoms with E-state index in [0.717, 1.165) is 0 Å². The van der Waals surface area contributed by atoms with Crippen LogP contribution < -0.4 is 10.9 Å². The lowest BCUT2D eigenvalue weighted by atomic mass is 9.98. The van der Waals surface area contributed by atoms with Crippen LogP contribution in [0.25, 0.3) is 10.9 Å². The summed E-state index contributed by atoms with van der Waals surface area (Å²) in [6.07, 6.45) is 1.18. The fraction of sp³-hybridized carbons (Fsp3) is 0.417. The number of amides is 1. The summed E-state index contributed by atoms with van der Waals surface area (Å²) in [5, 5.41) is 3.86. The number of rotatable bonds is 4. The predicted molar refractivity (Wildman–Crippen MR) is 129 cm³/mol. The molecule has 1 aliphatic heterocycles. The Bertz CT molecular complexity index is 1320. The van der Waals surface area contributed by atoms with Crippen LogP contribution >= 0.6 is 11.6 Å². The number of hydrogen-bond acceptors (Lipinski definition) is 6. The van der Waals surface area contributed by atoms with E-state index in [1.54, 1.807) is 31.7 Å². The molecule has 34 heavy (non-hydrogen) atoms. The monoisotopic (exact) mass is 487 g/mol. The van der Waals surface area contributed by atoms with Crippen molar-refractivity contribution in [3.8, 4) is 0 Å². The summed E-state index contributed by atoms with van der Waals surface area (Å²) in [7, 11) is 0. The Morgan fingerprint density at radius 2 is 1.97 bits per heavy atom. The number of nitrogens with one attached hydrogen (secondary N) is 2. The molecule has 10 heteroatoms. The number of pyridine rings is 1. The first-order valence-corrected chi connectivity index (χ1v) is 11.5. The lowest BCUT2D eigenvalue weighted by Gasteiger charge is -2.35. The highest BCUT2D eigenvalue weighted by Crippen LogP contribution is 2.33. The van der Waals surface area contributed by atoms with Gasteiger partial charge in [0.1, 0.15) is 5.82 Å². The lowest BCUT2D eigenvalue weighted by molar-refractivity contribution is -0.0586. The molecule has 180 valence electrons. The molecule has 0 bridgehead atoms. The molecule has 1 amide bonds. The summed E-state index contributed by atoms with van der Waals surface area (Å²) in [6.45, 7) is 9.95. The summed E-state index contributed by atoms with van der Waals surface area (Å²) >= 11 is 6.52. The SMILES string of the molecule is Cc1nc2cc(Cl)c([C@H](C)Nc3ncc(C(=O)N4C[C@@H](C)O[C@@H](C)C4)cc3F)c(C)c2c(=O)[nH]1. The first kappa shape index (κ1) is 24.1. The Hall–Kier alpha value is -3.04. The van der Waals surface area contributed by atoms with Gasteiger partial charge in [-0.2, -0.15) is 0 Å². The first-order chi connectivity index (χ1) is 16.0. The molecule has 3 atom stereocenters. The normalized spacial score (nSPS) is 19.3. The van der Waals surface area contributed by atoms with Crippen molar-refractivity contribution in [2.75, 3.05) is 18.4 Å². The molecular weight excluding hydrogens is 461 g/mol. The summed E-state index contributed by atoms with van der Waals surface area (Å²) in [5.74, 6) is -0.465. The van der Waals surface area contributed by atoms with Crippen LogP contribution in [0.3, 0.4) is 0 Å². The smallest absolute Gasteiger partial charge is 0.259 e. The number of fused-ring (bicyclic) bond motifs is 1. The maximum atomic E-state index is 15.0. The number of aromatic nitrogens is 3. The van der Waals surface area contributed by atoms with E-state index in [1.807, 2.05) is 13.8 Å². The zero-order valence-electron chi connectivity index (χ0n) is 19.7. The molecule has 0 saturated carbocycles. The van der Waals surface area contributed by atoms with Crippen molar-refractivity contribution in [2.24, 2.45) is 0 Å². The summed E-state index contributed by atoms with van der Waals surface area (Å²) < 4.78 is 20.6. The van der Waals surface area contributed by atoms with Crippen LogP contribution in [0.15, 0.2) is 23.1 Å². The fourth-order valence-electron chi connectivity index (χ4n) is 4.58. The molecule has 0 spiro atoms. The van der Waals surface area contributed by atoms with Crippen molar-refractivity contribution < 1.29 is 13.9 Å². The summed E-state index contributed by atoms with van der Waals surface area (Å²) in [6, 6.07) is 2.35. The molecule has 1 fully saturated rings. The van der Waals surface area contributed by atoms with E-state index in [1.165, 1.54) is 12.3 Å². The third-order valence-electron chi connectivity index (χ3n) is 5.95. The van der Waals surface area contributed by atoms with Gasteiger partial charge in [0.15, 0.2) is 11.6 Å². The Kier molecular flexibility index (Phi) is 6.60. The zero-order valence-corrected chi connectivity index (χ0v) is 20.5. The molecule has 3 heterocycles. The second kappa shape index (κ2) is 9.31. The second-order valence-corrected chi connectivity index (χ2v) is 9.24. The van der Waals surface area contributed by atoms with Gasteiger partial charge in [-0.25, -0.2) is 14.4 Å². The van der Waals surface area contributed by atoms with Crippen LogP contribution in [-0.2, 0) is 4.74 Å². The van der Waals surface area contributed by atoms with Crippen LogP contribution in [0.2, 0.25) is 5.02 Å². The van der Waals surface area contributed by atoms with Gasteiger partial charge < -0.3 is 19.9 Å². The molecule has 1 aromatic carbocycles.